The van der Waals surface area contributed by atoms with Crippen LogP contribution in [-0.2, 0) is 9.53 Å². The molecule has 40 heavy (non-hydrogen) atoms. The number of anilines is 2. The van der Waals surface area contributed by atoms with Gasteiger partial charge in [-0.3, -0.25) is 9.59 Å². The number of likely N-dealkylation sites (N-methyl/N-ethyl adjacent to an activating group) is 2. The topological polar surface area (TPSA) is 104 Å². The summed E-state index contributed by atoms with van der Waals surface area (Å²) in [7, 11) is 7.05. The molecule has 1 aliphatic rings. The Balaban J connectivity index is 1.53. The van der Waals surface area contributed by atoms with Gasteiger partial charge in [0.2, 0.25) is 0 Å². The van der Waals surface area contributed by atoms with Gasteiger partial charge < -0.3 is 25.2 Å². The Labute approximate surface area is 236 Å². The number of hydrogen-bond acceptors (Lipinski definition) is 8. The molecule has 0 fully saturated rings. The van der Waals surface area contributed by atoms with Gasteiger partial charge in [-0.05, 0) is 62.6 Å². The Bertz CT molecular complexity index is 1640. The number of nitrogens with one attached hydrogen (secondary N) is 2. The van der Waals surface area contributed by atoms with Gasteiger partial charge in [-0.2, -0.15) is 0 Å². The van der Waals surface area contributed by atoms with Gasteiger partial charge in [0, 0.05) is 42.5 Å². The summed E-state index contributed by atoms with van der Waals surface area (Å²) in [6.07, 6.45) is 0. The maximum absolute atomic E-state index is 13.3. The Morgan fingerprint density at radius 3 is 2.40 bits per heavy atom. The lowest BCUT2D eigenvalue weighted by Gasteiger charge is -2.20. The van der Waals surface area contributed by atoms with Gasteiger partial charge in [-0.1, -0.05) is 12.1 Å². The third-order valence-electron chi connectivity index (χ3n) is 6.69. The van der Waals surface area contributed by atoms with E-state index in [1.54, 1.807) is 47.8 Å². The first kappa shape index (κ1) is 27.0. The number of nitrogens with zero attached hydrogens (tertiary/aromatic N) is 3. The molecule has 0 aliphatic carbocycles. The summed E-state index contributed by atoms with van der Waals surface area (Å²) in [5.41, 5.74) is 7.33. The van der Waals surface area contributed by atoms with Crippen molar-refractivity contribution in [1.29, 1.82) is 0 Å². The van der Waals surface area contributed by atoms with Crippen molar-refractivity contribution in [2.24, 2.45) is 0 Å². The molecule has 204 valence electrons. The average molecular weight is 556 g/mol. The quantitative estimate of drug-likeness (QED) is 0.241. The van der Waals surface area contributed by atoms with Crippen LogP contribution in [0, 0.1) is 0 Å². The molecule has 2 heterocycles. The van der Waals surface area contributed by atoms with E-state index in [2.05, 4.69) is 15.6 Å². The molecule has 0 bridgehead atoms. The number of hydrogen-bond donors (Lipinski definition) is 2. The van der Waals surface area contributed by atoms with Crippen molar-refractivity contribution < 1.29 is 19.1 Å². The number of amides is 2. The van der Waals surface area contributed by atoms with Gasteiger partial charge in [0.1, 0.15) is 0 Å². The fourth-order valence-corrected chi connectivity index (χ4v) is 5.18. The van der Waals surface area contributed by atoms with Crippen LogP contribution in [-0.4, -0.2) is 73.9 Å². The lowest BCUT2D eigenvalue weighted by atomic mass is 9.98. The first-order valence-corrected chi connectivity index (χ1v) is 13.5. The minimum absolute atomic E-state index is 0.0619. The molecule has 0 unspecified atom stereocenters. The maximum Gasteiger partial charge on any atom is 0.337 e. The average Bonchev–Trinajstić information content (AvgIpc) is 3.56. The number of carbonyl (C=O) groups excluding carboxylic acids is 3. The number of aromatic nitrogens is 1. The molecule has 10 heteroatoms. The number of benzene rings is 3. The molecule has 4 aromatic rings. The number of esters is 1. The highest BCUT2D eigenvalue weighted by Crippen LogP contribution is 2.39. The van der Waals surface area contributed by atoms with Crippen molar-refractivity contribution in [2.45, 2.75) is 0 Å². The smallest absolute Gasteiger partial charge is 0.337 e. The minimum Gasteiger partial charge on any atom is -0.465 e. The third kappa shape index (κ3) is 5.45. The monoisotopic (exact) mass is 555 g/mol. The van der Waals surface area contributed by atoms with Crippen molar-refractivity contribution in [3.63, 3.8) is 0 Å². The van der Waals surface area contributed by atoms with E-state index in [0.29, 0.717) is 45.9 Å². The highest BCUT2D eigenvalue weighted by molar-refractivity contribution is 7.16. The van der Waals surface area contributed by atoms with Crippen LogP contribution < -0.4 is 10.6 Å². The second kappa shape index (κ2) is 11.3. The molecule has 9 nitrogen and oxygen atoms in total. The second-order valence-electron chi connectivity index (χ2n) is 9.72. The summed E-state index contributed by atoms with van der Waals surface area (Å²) < 4.78 is 5.82. The minimum atomic E-state index is -0.481. The van der Waals surface area contributed by atoms with E-state index >= 15 is 0 Å². The molecule has 3 aromatic carbocycles. The number of methoxy groups -OCH3 is 1. The summed E-state index contributed by atoms with van der Waals surface area (Å²) in [6.45, 7) is 1.39. The molecule has 0 spiro atoms. The van der Waals surface area contributed by atoms with E-state index in [4.69, 9.17) is 4.74 Å². The lowest BCUT2D eigenvalue weighted by molar-refractivity contribution is -0.110. The van der Waals surface area contributed by atoms with Crippen LogP contribution in [0.4, 0.5) is 11.4 Å². The first-order valence-electron chi connectivity index (χ1n) is 12.6. The van der Waals surface area contributed by atoms with Gasteiger partial charge >= 0.3 is 5.97 Å². The standard InChI is InChI=1S/C30H29N5O4S/c1-34(2)13-14-35(3)29(37)18-5-9-21(10-6-18)32-27(19-8-12-23-25(16-19)40-17-31-23)26-22-11-7-20(30(38)39-4)15-24(22)33-28(26)36/h5-12,15-17,32H,13-14H2,1-4H3,(H,33,36). The molecular formula is C30H29N5O4S. The summed E-state index contributed by atoms with van der Waals surface area (Å²) in [6, 6.07) is 18.0. The molecule has 0 saturated heterocycles. The van der Waals surface area contributed by atoms with E-state index in [0.717, 1.165) is 22.3 Å². The van der Waals surface area contributed by atoms with E-state index in [9.17, 15) is 14.4 Å². The van der Waals surface area contributed by atoms with Gasteiger partial charge in [0.25, 0.3) is 11.8 Å². The van der Waals surface area contributed by atoms with Crippen LogP contribution in [0.3, 0.4) is 0 Å². The van der Waals surface area contributed by atoms with E-state index in [-0.39, 0.29) is 11.8 Å². The second-order valence-corrected chi connectivity index (χ2v) is 10.6. The molecule has 2 N–H and O–H groups in total. The molecule has 1 aliphatic heterocycles. The van der Waals surface area contributed by atoms with E-state index < -0.39 is 5.97 Å². The zero-order chi connectivity index (χ0) is 28.4. The van der Waals surface area contributed by atoms with E-state index in [1.807, 2.05) is 49.3 Å². The van der Waals surface area contributed by atoms with Crippen LogP contribution >= 0.6 is 11.3 Å². The zero-order valence-electron chi connectivity index (χ0n) is 22.6. The van der Waals surface area contributed by atoms with Crippen molar-refractivity contribution >= 4 is 62.0 Å². The molecule has 5 rings (SSSR count). The molecule has 0 atom stereocenters. The highest BCUT2D eigenvalue weighted by Gasteiger charge is 2.29. The van der Waals surface area contributed by atoms with Gasteiger partial charge in [-0.15, -0.1) is 11.3 Å². The SMILES string of the molecule is COC(=O)c1ccc2c(c1)NC(=O)C2=C(Nc1ccc(C(=O)N(C)CCN(C)C)cc1)c1ccc2ncsc2c1. The highest BCUT2D eigenvalue weighted by atomic mass is 32.1. The zero-order valence-corrected chi connectivity index (χ0v) is 23.5. The van der Waals surface area contributed by atoms with Crippen molar-refractivity contribution in [2.75, 3.05) is 52.0 Å². The predicted octanol–water partition coefficient (Wildman–Crippen LogP) is 4.65. The van der Waals surface area contributed by atoms with Gasteiger partial charge in [-0.25, -0.2) is 9.78 Å². The maximum atomic E-state index is 13.3. The summed E-state index contributed by atoms with van der Waals surface area (Å²) in [4.78, 5) is 46.4. The van der Waals surface area contributed by atoms with Gasteiger partial charge in [0.15, 0.2) is 0 Å². The molecule has 2 amide bonds. The largest absolute Gasteiger partial charge is 0.465 e. The van der Waals surface area contributed by atoms with Crippen LogP contribution in [0.15, 0.2) is 66.2 Å². The Hall–Kier alpha value is -4.54. The fourth-order valence-electron chi connectivity index (χ4n) is 4.47. The summed E-state index contributed by atoms with van der Waals surface area (Å²) >= 11 is 1.52. The molecule has 1 aromatic heterocycles. The van der Waals surface area contributed by atoms with Crippen molar-refractivity contribution in [3.05, 3.63) is 88.4 Å². The lowest BCUT2D eigenvalue weighted by Crippen LogP contribution is -2.33. The fraction of sp³-hybridized carbons (Fsp3) is 0.200. The number of fused-ring (bicyclic) bond motifs is 2. The predicted molar refractivity (Wildman–Crippen MR) is 158 cm³/mol. The number of ether oxygens (including phenoxy) is 1. The van der Waals surface area contributed by atoms with Crippen molar-refractivity contribution in [3.8, 4) is 0 Å². The Morgan fingerprint density at radius 2 is 1.68 bits per heavy atom. The Kier molecular flexibility index (Phi) is 7.63. The van der Waals surface area contributed by atoms with Crippen LogP contribution in [0.2, 0.25) is 0 Å². The molecular weight excluding hydrogens is 526 g/mol. The first-order chi connectivity index (χ1) is 19.2. The van der Waals surface area contributed by atoms with Crippen LogP contribution in [0.25, 0.3) is 21.5 Å². The van der Waals surface area contributed by atoms with Crippen LogP contribution in [0.5, 0.6) is 0 Å². The van der Waals surface area contributed by atoms with Crippen LogP contribution in [0.1, 0.15) is 31.8 Å². The van der Waals surface area contributed by atoms with Gasteiger partial charge in [0.05, 0.1) is 45.4 Å². The third-order valence-corrected chi connectivity index (χ3v) is 7.48. The van der Waals surface area contributed by atoms with Crippen molar-refractivity contribution in [1.82, 2.24) is 14.8 Å². The summed E-state index contributed by atoms with van der Waals surface area (Å²) in [5.74, 6) is -0.836. The number of rotatable bonds is 8. The molecule has 0 saturated carbocycles. The summed E-state index contributed by atoms with van der Waals surface area (Å²) in [5, 5.41) is 6.31. The number of thiazole rings is 1. The number of carbonyl (C=O) groups is 3. The normalized spacial score (nSPS) is 13.7. The van der Waals surface area contributed by atoms with E-state index in [1.165, 1.54) is 18.4 Å². The molecule has 0 radical (unpaired) electrons. The Morgan fingerprint density at radius 1 is 0.950 bits per heavy atom.